The van der Waals surface area contributed by atoms with E-state index in [9.17, 15) is 9.59 Å². The van der Waals surface area contributed by atoms with E-state index >= 15 is 0 Å². The fraction of sp³-hybridized carbons (Fsp3) is 0.778. The lowest BCUT2D eigenvalue weighted by Gasteiger charge is -2.31. The summed E-state index contributed by atoms with van der Waals surface area (Å²) >= 11 is 0. The van der Waals surface area contributed by atoms with Gasteiger partial charge in [-0.2, -0.15) is 0 Å². The summed E-state index contributed by atoms with van der Waals surface area (Å²) in [6.45, 7) is 1.78. The number of piperidine rings is 1. The lowest BCUT2D eigenvalue weighted by molar-refractivity contribution is -0.127. The molecule has 0 amide bonds. The molecule has 1 saturated carbocycles. The summed E-state index contributed by atoms with van der Waals surface area (Å²) < 4.78 is 0. The smallest absolute Gasteiger partial charge is 0.146 e. The molecule has 3 nitrogen and oxygen atoms in total. The number of rotatable bonds is 0. The predicted octanol–water partition coefficient (Wildman–Crippen LogP) is 0.288. The fourth-order valence-corrected chi connectivity index (χ4v) is 2.27. The third kappa shape index (κ3) is 1.08. The van der Waals surface area contributed by atoms with Crippen LogP contribution in [0, 0.1) is 5.41 Å². The second-order valence-electron chi connectivity index (χ2n) is 3.85. The Morgan fingerprint density at radius 1 is 1.17 bits per heavy atom. The highest BCUT2D eigenvalue weighted by molar-refractivity contribution is 6.09. The molecule has 3 heteroatoms. The molecule has 1 saturated heterocycles. The van der Waals surface area contributed by atoms with Crippen molar-refractivity contribution < 1.29 is 9.59 Å². The molecule has 1 heterocycles. The number of carbonyl (C=O) groups excluding carboxylic acids is 2. The maximum atomic E-state index is 11.5. The van der Waals surface area contributed by atoms with Gasteiger partial charge in [0.05, 0.1) is 6.42 Å². The highest BCUT2D eigenvalue weighted by atomic mass is 16.2. The Labute approximate surface area is 71.5 Å². The van der Waals surface area contributed by atoms with Gasteiger partial charge in [0.1, 0.15) is 11.6 Å². The molecule has 0 aromatic heterocycles. The first-order valence-electron chi connectivity index (χ1n) is 4.49. The second-order valence-corrected chi connectivity index (χ2v) is 3.85. The first-order valence-corrected chi connectivity index (χ1v) is 4.49. The average Bonchev–Trinajstić information content (AvgIpc) is 2.29. The molecule has 2 rings (SSSR count). The minimum atomic E-state index is -0.248. The molecule has 2 aliphatic rings. The summed E-state index contributed by atoms with van der Waals surface area (Å²) in [7, 11) is 0. The van der Waals surface area contributed by atoms with Gasteiger partial charge in [-0.05, 0) is 25.9 Å². The molecule has 0 bridgehead atoms. The van der Waals surface area contributed by atoms with Crippen LogP contribution in [-0.2, 0) is 9.59 Å². The van der Waals surface area contributed by atoms with Crippen molar-refractivity contribution in [1.82, 2.24) is 5.32 Å². The van der Waals surface area contributed by atoms with Crippen LogP contribution in [0.15, 0.2) is 0 Å². The zero-order chi connectivity index (χ0) is 8.60. The number of hydrogen-bond donors (Lipinski definition) is 1. The number of carbonyl (C=O) groups is 2. The summed E-state index contributed by atoms with van der Waals surface area (Å²) in [6.07, 6.45) is 2.42. The van der Waals surface area contributed by atoms with Crippen LogP contribution in [0.5, 0.6) is 0 Å². The Balaban J connectivity index is 2.18. The molecule has 1 aliphatic carbocycles. The van der Waals surface area contributed by atoms with Crippen molar-refractivity contribution in [3.63, 3.8) is 0 Å². The van der Waals surface area contributed by atoms with E-state index in [-0.39, 0.29) is 23.4 Å². The maximum absolute atomic E-state index is 11.5. The predicted molar refractivity (Wildman–Crippen MR) is 43.8 cm³/mol. The molecular formula is C9H13NO2. The molecule has 0 unspecified atom stereocenters. The van der Waals surface area contributed by atoms with Gasteiger partial charge in [0.15, 0.2) is 0 Å². The lowest BCUT2D eigenvalue weighted by atomic mass is 9.77. The lowest BCUT2D eigenvalue weighted by Crippen LogP contribution is -2.39. The molecule has 0 radical (unpaired) electrons. The minimum Gasteiger partial charge on any atom is -0.317 e. The number of hydrogen-bond acceptors (Lipinski definition) is 3. The van der Waals surface area contributed by atoms with Crippen molar-refractivity contribution in [3.05, 3.63) is 0 Å². The van der Waals surface area contributed by atoms with Gasteiger partial charge < -0.3 is 5.32 Å². The molecule has 0 atom stereocenters. The topological polar surface area (TPSA) is 46.2 Å². The standard InChI is InChI=1S/C9H13NO2/c11-7-5-8(12)9(6-7)1-3-10-4-2-9/h10H,1-6H2. The van der Waals surface area contributed by atoms with Gasteiger partial charge >= 0.3 is 0 Å². The van der Waals surface area contributed by atoms with Crippen LogP contribution in [-0.4, -0.2) is 24.7 Å². The quantitative estimate of drug-likeness (QED) is 0.527. The third-order valence-electron chi connectivity index (χ3n) is 3.05. The largest absolute Gasteiger partial charge is 0.317 e. The van der Waals surface area contributed by atoms with Crippen LogP contribution in [0.1, 0.15) is 25.7 Å². The van der Waals surface area contributed by atoms with Gasteiger partial charge in [0, 0.05) is 11.8 Å². The molecule has 1 spiro atoms. The zero-order valence-electron chi connectivity index (χ0n) is 7.06. The van der Waals surface area contributed by atoms with E-state index in [1.54, 1.807) is 0 Å². The summed E-state index contributed by atoms with van der Waals surface area (Å²) in [6, 6.07) is 0. The molecule has 1 aliphatic heterocycles. The Morgan fingerprint density at radius 3 is 2.33 bits per heavy atom. The van der Waals surface area contributed by atoms with E-state index in [0.29, 0.717) is 6.42 Å². The van der Waals surface area contributed by atoms with Crippen LogP contribution >= 0.6 is 0 Å². The van der Waals surface area contributed by atoms with Crippen molar-refractivity contribution in [2.45, 2.75) is 25.7 Å². The van der Waals surface area contributed by atoms with Crippen LogP contribution < -0.4 is 5.32 Å². The number of Topliss-reactive ketones (excluding diaryl/α,β-unsaturated/α-hetero) is 2. The molecular weight excluding hydrogens is 154 g/mol. The molecule has 1 N–H and O–H groups in total. The maximum Gasteiger partial charge on any atom is 0.146 e. The van der Waals surface area contributed by atoms with Gasteiger partial charge in [0.25, 0.3) is 0 Å². The zero-order valence-corrected chi connectivity index (χ0v) is 7.06. The van der Waals surface area contributed by atoms with Gasteiger partial charge in [-0.1, -0.05) is 0 Å². The fourth-order valence-electron chi connectivity index (χ4n) is 2.27. The summed E-state index contributed by atoms with van der Waals surface area (Å²) in [5, 5.41) is 3.21. The van der Waals surface area contributed by atoms with E-state index in [1.807, 2.05) is 0 Å². The Bertz CT molecular complexity index is 229. The molecule has 0 aromatic carbocycles. The van der Waals surface area contributed by atoms with Crippen molar-refractivity contribution in [2.75, 3.05) is 13.1 Å². The molecule has 66 valence electrons. The second kappa shape index (κ2) is 2.66. The first-order chi connectivity index (χ1) is 5.73. The number of ketones is 2. The Kier molecular flexibility index (Phi) is 1.76. The Hall–Kier alpha value is -0.700. The van der Waals surface area contributed by atoms with Gasteiger partial charge in [-0.25, -0.2) is 0 Å². The first kappa shape index (κ1) is 7.92. The number of nitrogens with one attached hydrogen (secondary N) is 1. The molecule has 12 heavy (non-hydrogen) atoms. The van der Waals surface area contributed by atoms with Gasteiger partial charge in [0.2, 0.25) is 0 Å². The summed E-state index contributed by atoms with van der Waals surface area (Å²) in [5.41, 5.74) is -0.248. The van der Waals surface area contributed by atoms with Crippen LogP contribution in [0.25, 0.3) is 0 Å². The van der Waals surface area contributed by atoms with Crippen LogP contribution in [0.4, 0.5) is 0 Å². The highest BCUT2D eigenvalue weighted by Gasteiger charge is 2.46. The van der Waals surface area contributed by atoms with Gasteiger partial charge in [-0.3, -0.25) is 9.59 Å². The molecule has 2 fully saturated rings. The van der Waals surface area contributed by atoms with Crippen molar-refractivity contribution in [1.29, 1.82) is 0 Å². The SMILES string of the molecule is O=C1CC(=O)C2(CCNCC2)C1. The highest BCUT2D eigenvalue weighted by Crippen LogP contribution is 2.40. The van der Waals surface area contributed by atoms with Crippen molar-refractivity contribution in [2.24, 2.45) is 5.41 Å². The van der Waals surface area contributed by atoms with E-state index < -0.39 is 0 Å². The molecule has 0 aromatic rings. The normalized spacial score (nSPS) is 28.3. The van der Waals surface area contributed by atoms with Crippen molar-refractivity contribution >= 4 is 11.6 Å². The van der Waals surface area contributed by atoms with Crippen LogP contribution in [0.3, 0.4) is 0 Å². The summed E-state index contributed by atoms with van der Waals surface area (Å²) in [4.78, 5) is 22.6. The minimum absolute atomic E-state index is 0.141. The summed E-state index contributed by atoms with van der Waals surface area (Å²) in [5.74, 6) is 0.330. The average molecular weight is 167 g/mol. The third-order valence-corrected chi connectivity index (χ3v) is 3.05. The van der Waals surface area contributed by atoms with E-state index in [1.165, 1.54) is 0 Å². The van der Waals surface area contributed by atoms with E-state index in [4.69, 9.17) is 0 Å². The monoisotopic (exact) mass is 167 g/mol. The van der Waals surface area contributed by atoms with Crippen molar-refractivity contribution in [3.8, 4) is 0 Å². The van der Waals surface area contributed by atoms with E-state index in [2.05, 4.69) is 5.32 Å². The van der Waals surface area contributed by atoms with Crippen LogP contribution in [0.2, 0.25) is 0 Å². The van der Waals surface area contributed by atoms with E-state index in [0.717, 1.165) is 25.9 Å². The van der Waals surface area contributed by atoms with Gasteiger partial charge in [-0.15, -0.1) is 0 Å². The Morgan fingerprint density at radius 2 is 1.83 bits per heavy atom.